The van der Waals surface area contributed by atoms with Gasteiger partial charge in [-0.05, 0) is 13.3 Å². The van der Waals surface area contributed by atoms with Gasteiger partial charge in [-0.15, -0.1) is 11.3 Å². The van der Waals surface area contributed by atoms with Crippen LogP contribution >= 0.6 is 11.3 Å². The lowest BCUT2D eigenvalue weighted by molar-refractivity contribution is -0.174. The number of rotatable bonds is 9. The topological polar surface area (TPSA) is 86.8 Å². The summed E-state index contributed by atoms with van der Waals surface area (Å²) >= 11 is 1.39. The predicted molar refractivity (Wildman–Crippen MR) is 101 cm³/mol. The fourth-order valence-corrected chi connectivity index (χ4v) is 3.57. The van der Waals surface area contributed by atoms with Gasteiger partial charge in [-0.2, -0.15) is 13.2 Å². The van der Waals surface area contributed by atoms with E-state index in [2.05, 4.69) is 25.5 Å². The fourth-order valence-electron chi connectivity index (χ4n) is 2.80. The molecule has 2 amide bonds. The number of hydrogen-bond acceptors (Lipinski definition) is 7. The summed E-state index contributed by atoms with van der Waals surface area (Å²) in [6.45, 7) is 4.32. The maximum Gasteiger partial charge on any atom is 0.411 e. The van der Waals surface area contributed by atoms with Crippen LogP contribution in [0, 0.1) is 6.92 Å². The molecule has 2 rings (SSSR count). The molecule has 2 N–H and O–H groups in total. The lowest BCUT2D eigenvalue weighted by Gasteiger charge is -2.34. The molecule has 1 fully saturated rings. The summed E-state index contributed by atoms with van der Waals surface area (Å²) in [4.78, 5) is 32.1. The van der Waals surface area contributed by atoms with E-state index in [1.165, 1.54) is 11.3 Å². The standard InChI is InChI=1S/C17H26F3N5O3S/c1-13-11-29-16(21-13)9-14(26)22-23-15(27)10-25-6-4-24(5-7-25)3-2-8-28-12-17(18,19)20/h11H,2-10,12H2,1H3,(H,22,26)(H,23,27). The summed E-state index contributed by atoms with van der Waals surface area (Å²) < 4.78 is 40.5. The molecule has 8 nitrogen and oxygen atoms in total. The van der Waals surface area contributed by atoms with Crippen molar-refractivity contribution in [2.24, 2.45) is 0 Å². The van der Waals surface area contributed by atoms with Crippen molar-refractivity contribution in [3.63, 3.8) is 0 Å². The second kappa shape index (κ2) is 11.4. The second-order valence-corrected chi connectivity index (χ2v) is 7.74. The first-order valence-corrected chi connectivity index (χ1v) is 10.2. The molecule has 164 valence electrons. The Hall–Kier alpha value is -1.76. The Morgan fingerprint density at radius 1 is 1.17 bits per heavy atom. The van der Waals surface area contributed by atoms with Gasteiger partial charge in [0, 0.05) is 50.4 Å². The Bertz CT molecular complexity index is 663. The third kappa shape index (κ3) is 10.0. The molecule has 2 heterocycles. The van der Waals surface area contributed by atoms with Crippen molar-refractivity contribution in [2.45, 2.75) is 25.9 Å². The van der Waals surface area contributed by atoms with E-state index in [4.69, 9.17) is 0 Å². The van der Waals surface area contributed by atoms with Crippen LogP contribution in [0.2, 0.25) is 0 Å². The monoisotopic (exact) mass is 437 g/mol. The number of thiazole rings is 1. The quantitative estimate of drug-likeness (QED) is 0.438. The van der Waals surface area contributed by atoms with E-state index in [0.717, 1.165) is 18.8 Å². The average molecular weight is 437 g/mol. The number of ether oxygens (including phenoxy) is 1. The summed E-state index contributed by atoms with van der Waals surface area (Å²) in [5.41, 5.74) is 5.65. The molecular weight excluding hydrogens is 411 g/mol. The highest BCUT2D eigenvalue weighted by molar-refractivity contribution is 7.09. The van der Waals surface area contributed by atoms with E-state index in [1.807, 2.05) is 17.2 Å². The molecule has 0 spiro atoms. The molecule has 0 bridgehead atoms. The number of aryl methyl sites for hydroxylation is 1. The molecule has 0 aliphatic carbocycles. The minimum atomic E-state index is -4.29. The number of amides is 2. The molecule has 1 aliphatic rings. The van der Waals surface area contributed by atoms with Gasteiger partial charge in [0.2, 0.25) is 5.91 Å². The number of hydrazine groups is 1. The molecule has 0 radical (unpaired) electrons. The number of carbonyl (C=O) groups excluding carboxylic acids is 2. The third-order valence-corrected chi connectivity index (χ3v) is 5.15. The fraction of sp³-hybridized carbons (Fsp3) is 0.706. The van der Waals surface area contributed by atoms with Crippen molar-refractivity contribution in [1.29, 1.82) is 0 Å². The van der Waals surface area contributed by atoms with Crippen LogP contribution in [-0.2, 0) is 20.7 Å². The van der Waals surface area contributed by atoms with Crippen LogP contribution in [0.15, 0.2) is 5.38 Å². The Balaban J connectivity index is 1.53. The van der Waals surface area contributed by atoms with Gasteiger partial charge in [-0.25, -0.2) is 4.98 Å². The summed E-state index contributed by atoms with van der Waals surface area (Å²) in [5.74, 6) is -0.632. The van der Waals surface area contributed by atoms with Crippen molar-refractivity contribution in [2.75, 3.05) is 52.5 Å². The number of nitrogens with one attached hydrogen (secondary N) is 2. The van der Waals surface area contributed by atoms with Crippen molar-refractivity contribution < 1.29 is 27.5 Å². The SMILES string of the molecule is Cc1csc(CC(=O)NNC(=O)CN2CCN(CCCOCC(F)(F)F)CC2)n1. The van der Waals surface area contributed by atoms with Gasteiger partial charge in [0.1, 0.15) is 11.6 Å². The van der Waals surface area contributed by atoms with Crippen molar-refractivity contribution in [3.05, 3.63) is 16.1 Å². The summed E-state index contributed by atoms with van der Waals surface area (Å²) in [6, 6.07) is 0. The van der Waals surface area contributed by atoms with Crippen molar-refractivity contribution in [1.82, 2.24) is 25.6 Å². The van der Waals surface area contributed by atoms with Gasteiger partial charge in [-0.3, -0.25) is 25.3 Å². The number of piperazine rings is 1. The van der Waals surface area contributed by atoms with Gasteiger partial charge >= 0.3 is 6.18 Å². The van der Waals surface area contributed by atoms with E-state index >= 15 is 0 Å². The summed E-state index contributed by atoms with van der Waals surface area (Å²) in [7, 11) is 0. The number of hydrogen-bond donors (Lipinski definition) is 2. The average Bonchev–Trinajstić information content (AvgIpc) is 3.05. The van der Waals surface area contributed by atoms with Gasteiger partial charge in [0.25, 0.3) is 5.91 Å². The van der Waals surface area contributed by atoms with Gasteiger partial charge < -0.3 is 9.64 Å². The Labute approximate surface area is 171 Å². The normalized spacial score (nSPS) is 16.0. The van der Waals surface area contributed by atoms with Crippen LogP contribution < -0.4 is 10.9 Å². The zero-order chi connectivity index (χ0) is 21.3. The van der Waals surface area contributed by atoms with Gasteiger partial charge in [0.05, 0.1) is 13.0 Å². The van der Waals surface area contributed by atoms with E-state index < -0.39 is 12.8 Å². The van der Waals surface area contributed by atoms with Crippen LogP contribution in [0.5, 0.6) is 0 Å². The Morgan fingerprint density at radius 3 is 2.45 bits per heavy atom. The van der Waals surface area contributed by atoms with E-state index in [9.17, 15) is 22.8 Å². The molecule has 1 aromatic heterocycles. The van der Waals surface area contributed by atoms with Crippen LogP contribution in [0.4, 0.5) is 13.2 Å². The first kappa shape index (κ1) is 23.5. The van der Waals surface area contributed by atoms with Gasteiger partial charge in [0.15, 0.2) is 0 Å². The third-order valence-electron chi connectivity index (χ3n) is 4.18. The minimum absolute atomic E-state index is 0.0718. The number of alkyl halides is 3. The maximum absolute atomic E-state index is 12.0. The second-order valence-electron chi connectivity index (χ2n) is 6.79. The molecule has 29 heavy (non-hydrogen) atoms. The Kier molecular flexibility index (Phi) is 9.27. The number of aromatic nitrogens is 1. The minimum Gasteiger partial charge on any atom is -0.372 e. The lowest BCUT2D eigenvalue weighted by atomic mass is 10.3. The number of nitrogens with zero attached hydrogens (tertiary/aromatic N) is 3. The first-order valence-electron chi connectivity index (χ1n) is 9.29. The Morgan fingerprint density at radius 2 is 1.83 bits per heavy atom. The molecule has 1 aromatic rings. The highest BCUT2D eigenvalue weighted by Gasteiger charge is 2.27. The molecule has 1 saturated heterocycles. The van der Waals surface area contributed by atoms with E-state index in [-0.39, 0.29) is 31.4 Å². The number of carbonyl (C=O) groups is 2. The van der Waals surface area contributed by atoms with Crippen LogP contribution in [-0.4, -0.2) is 85.3 Å². The van der Waals surface area contributed by atoms with E-state index in [1.54, 1.807) is 0 Å². The lowest BCUT2D eigenvalue weighted by Crippen LogP contribution is -2.52. The van der Waals surface area contributed by atoms with Crippen LogP contribution in [0.25, 0.3) is 0 Å². The van der Waals surface area contributed by atoms with Crippen LogP contribution in [0.1, 0.15) is 17.1 Å². The molecule has 0 atom stereocenters. The maximum atomic E-state index is 12.0. The molecule has 0 saturated carbocycles. The first-order chi connectivity index (χ1) is 13.7. The highest BCUT2D eigenvalue weighted by Crippen LogP contribution is 2.14. The molecular formula is C17H26F3N5O3S. The summed E-state index contributed by atoms with van der Waals surface area (Å²) in [6.07, 6.45) is -3.64. The largest absolute Gasteiger partial charge is 0.411 e. The molecule has 12 heteroatoms. The highest BCUT2D eigenvalue weighted by atomic mass is 32.1. The molecule has 0 unspecified atom stereocenters. The zero-order valence-electron chi connectivity index (χ0n) is 16.3. The van der Waals surface area contributed by atoms with E-state index in [0.29, 0.717) is 31.1 Å². The van der Waals surface area contributed by atoms with Crippen molar-refractivity contribution in [3.8, 4) is 0 Å². The van der Waals surface area contributed by atoms with Gasteiger partial charge in [-0.1, -0.05) is 0 Å². The summed E-state index contributed by atoms with van der Waals surface area (Å²) in [5, 5.41) is 2.55. The smallest absolute Gasteiger partial charge is 0.372 e. The van der Waals surface area contributed by atoms with Crippen molar-refractivity contribution >= 4 is 23.2 Å². The molecule has 1 aliphatic heterocycles. The zero-order valence-corrected chi connectivity index (χ0v) is 17.1. The predicted octanol–water partition coefficient (Wildman–Crippen LogP) is 0.728. The van der Waals surface area contributed by atoms with Crippen LogP contribution in [0.3, 0.4) is 0 Å². The molecule has 0 aromatic carbocycles. The number of halogens is 3.